The molecule has 6 heteroatoms. The zero-order valence-corrected chi connectivity index (χ0v) is 11.8. The van der Waals surface area contributed by atoms with E-state index in [1.165, 1.54) is 17.7 Å². The van der Waals surface area contributed by atoms with Crippen LogP contribution in [-0.2, 0) is 0 Å². The molecule has 0 saturated carbocycles. The molecule has 0 atom stereocenters. The van der Waals surface area contributed by atoms with Gasteiger partial charge in [0.05, 0.1) is 17.1 Å². The third-order valence-corrected chi connectivity index (χ3v) is 2.93. The fraction of sp³-hybridized carbons (Fsp3) is 0.214. The van der Waals surface area contributed by atoms with E-state index in [1.807, 2.05) is 12.1 Å². The minimum absolute atomic E-state index is 0.0213. The van der Waals surface area contributed by atoms with Crippen molar-refractivity contribution in [2.24, 2.45) is 0 Å². The number of nitrogens with zero attached hydrogens (tertiary/aromatic N) is 2. The van der Waals surface area contributed by atoms with E-state index in [2.05, 4.69) is 18.8 Å². The second kappa shape index (κ2) is 5.88. The Morgan fingerprint density at radius 1 is 1.25 bits per heavy atom. The third-order valence-electron chi connectivity index (χ3n) is 2.74. The van der Waals surface area contributed by atoms with Gasteiger partial charge in [0.1, 0.15) is 10.9 Å². The molecule has 0 unspecified atom stereocenters. The molecule has 0 fully saturated rings. The summed E-state index contributed by atoms with van der Waals surface area (Å²) in [5.74, 6) is 1.08. The maximum atomic E-state index is 10.7. The predicted octanol–water partition coefficient (Wildman–Crippen LogP) is 4.56. The van der Waals surface area contributed by atoms with Crippen LogP contribution in [0.4, 0.5) is 5.69 Å². The SMILES string of the molecule is CC(C)c1ccc(Oc2cc([N+](=O)[O-])cc(Cl)n2)cc1. The van der Waals surface area contributed by atoms with Crippen molar-refractivity contribution in [2.45, 2.75) is 19.8 Å². The summed E-state index contributed by atoms with van der Waals surface area (Å²) in [6.45, 7) is 4.19. The quantitative estimate of drug-likeness (QED) is 0.471. The smallest absolute Gasteiger partial charge is 0.277 e. The van der Waals surface area contributed by atoms with Crippen molar-refractivity contribution in [1.82, 2.24) is 4.98 Å². The number of halogens is 1. The highest BCUT2D eigenvalue weighted by Crippen LogP contribution is 2.27. The average Bonchev–Trinajstić information content (AvgIpc) is 2.38. The number of aromatic nitrogens is 1. The first-order chi connectivity index (χ1) is 9.45. The number of ether oxygens (including phenoxy) is 1. The van der Waals surface area contributed by atoms with Crippen molar-refractivity contribution in [2.75, 3.05) is 0 Å². The van der Waals surface area contributed by atoms with Gasteiger partial charge >= 0.3 is 0 Å². The van der Waals surface area contributed by atoms with Crippen LogP contribution in [0.5, 0.6) is 11.6 Å². The van der Waals surface area contributed by atoms with Crippen molar-refractivity contribution >= 4 is 17.3 Å². The van der Waals surface area contributed by atoms with Crippen molar-refractivity contribution in [3.63, 3.8) is 0 Å². The summed E-state index contributed by atoms with van der Waals surface area (Å²) >= 11 is 5.73. The van der Waals surface area contributed by atoms with E-state index in [-0.39, 0.29) is 16.7 Å². The molecule has 2 rings (SSSR count). The summed E-state index contributed by atoms with van der Waals surface area (Å²) < 4.78 is 5.48. The van der Waals surface area contributed by atoms with Crippen LogP contribution >= 0.6 is 11.6 Å². The summed E-state index contributed by atoms with van der Waals surface area (Å²) in [6.07, 6.45) is 0. The topological polar surface area (TPSA) is 65.3 Å². The number of pyridine rings is 1. The highest BCUT2D eigenvalue weighted by molar-refractivity contribution is 6.29. The number of hydrogen-bond acceptors (Lipinski definition) is 4. The van der Waals surface area contributed by atoms with Gasteiger partial charge in [0.15, 0.2) is 0 Å². The van der Waals surface area contributed by atoms with Crippen LogP contribution in [0.3, 0.4) is 0 Å². The standard InChI is InChI=1S/C14H13ClN2O3/c1-9(2)10-3-5-12(6-4-10)20-14-8-11(17(18)19)7-13(15)16-14/h3-9H,1-2H3. The lowest BCUT2D eigenvalue weighted by molar-refractivity contribution is -0.385. The largest absolute Gasteiger partial charge is 0.439 e. The number of benzene rings is 1. The Morgan fingerprint density at radius 2 is 1.90 bits per heavy atom. The molecule has 2 aromatic rings. The molecule has 0 amide bonds. The third kappa shape index (κ3) is 3.45. The van der Waals surface area contributed by atoms with E-state index in [0.717, 1.165) is 0 Å². The fourth-order valence-corrected chi connectivity index (χ4v) is 1.85. The molecule has 0 aliphatic rings. The molecule has 20 heavy (non-hydrogen) atoms. The first-order valence-corrected chi connectivity index (χ1v) is 6.43. The van der Waals surface area contributed by atoms with Crippen LogP contribution in [0, 0.1) is 10.1 Å². The monoisotopic (exact) mass is 292 g/mol. The number of nitro groups is 1. The van der Waals surface area contributed by atoms with Gasteiger partial charge in [-0.15, -0.1) is 0 Å². The van der Waals surface area contributed by atoms with E-state index >= 15 is 0 Å². The normalized spacial score (nSPS) is 10.6. The van der Waals surface area contributed by atoms with Gasteiger partial charge in [-0.3, -0.25) is 10.1 Å². The Balaban J connectivity index is 2.23. The Kier molecular flexibility index (Phi) is 4.20. The molecular weight excluding hydrogens is 280 g/mol. The average molecular weight is 293 g/mol. The lowest BCUT2D eigenvalue weighted by Gasteiger charge is -2.08. The molecule has 1 aromatic heterocycles. The first kappa shape index (κ1) is 14.3. The molecular formula is C14H13ClN2O3. The predicted molar refractivity (Wildman–Crippen MR) is 76.5 cm³/mol. The van der Waals surface area contributed by atoms with Crippen LogP contribution in [0.1, 0.15) is 25.3 Å². The molecule has 1 heterocycles. The second-order valence-corrected chi connectivity index (χ2v) is 4.96. The molecule has 0 aliphatic carbocycles. The fourth-order valence-electron chi connectivity index (χ4n) is 1.66. The van der Waals surface area contributed by atoms with Crippen molar-refractivity contribution in [3.05, 3.63) is 57.2 Å². The van der Waals surface area contributed by atoms with E-state index in [4.69, 9.17) is 16.3 Å². The van der Waals surface area contributed by atoms with Gasteiger partial charge in [-0.2, -0.15) is 0 Å². The van der Waals surface area contributed by atoms with Crippen LogP contribution in [0.15, 0.2) is 36.4 Å². The van der Waals surface area contributed by atoms with E-state index in [1.54, 1.807) is 12.1 Å². The van der Waals surface area contributed by atoms with Crippen LogP contribution in [0.2, 0.25) is 5.15 Å². The van der Waals surface area contributed by atoms with Crippen molar-refractivity contribution in [1.29, 1.82) is 0 Å². The molecule has 104 valence electrons. The maximum Gasteiger partial charge on any atom is 0.277 e. The Morgan fingerprint density at radius 3 is 2.45 bits per heavy atom. The molecule has 0 spiro atoms. The van der Waals surface area contributed by atoms with Gasteiger partial charge in [-0.25, -0.2) is 4.98 Å². The second-order valence-electron chi connectivity index (χ2n) is 4.57. The zero-order chi connectivity index (χ0) is 14.7. The summed E-state index contributed by atoms with van der Waals surface area (Å²) in [4.78, 5) is 14.1. The number of rotatable bonds is 4. The molecule has 1 aromatic carbocycles. The summed E-state index contributed by atoms with van der Waals surface area (Å²) in [7, 11) is 0. The molecule has 0 radical (unpaired) electrons. The van der Waals surface area contributed by atoms with Gasteiger partial charge < -0.3 is 4.74 Å². The Hall–Kier alpha value is -2.14. The molecule has 0 bridgehead atoms. The van der Waals surface area contributed by atoms with Crippen molar-refractivity contribution < 1.29 is 9.66 Å². The van der Waals surface area contributed by atoms with Crippen LogP contribution in [-0.4, -0.2) is 9.91 Å². The van der Waals surface area contributed by atoms with E-state index < -0.39 is 4.92 Å². The highest BCUT2D eigenvalue weighted by Gasteiger charge is 2.11. The summed E-state index contributed by atoms with van der Waals surface area (Å²) in [6, 6.07) is 9.89. The minimum Gasteiger partial charge on any atom is -0.439 e. The lowest BCUT2D eigenvalue weighted by Crippen LogP contribution is -1.93. The molecule has 0 aliphatic heterocycles. The Bertz CT molecular complexity index is 627. The maximum absolute atomic E-state index is 10.7. The van der Waals surface area contributed by atoms with Gasteiger partial charge in [-0.05, 0) is 23.6 Å². The van der Waals surface area contributed by atoms with Gasteiger partial charge in [0, 0.05) is 0 Å². The molecule has 0 N–H and O–H groups in total. The Labute approximate surface area is 121 Å². The zero-order valence-electron chi connectivity index (χ0n) is 11.0. The van der Waals surface area contributed by atoms with Crippen LogP contribution < -0.4 is 4.74 Å². The van der Waals surface area contributed by atoms with E-state index in [9.17, 15) is 10.1 Å². The van der Waals surface area contributed by atoms with Crippen LogP contribution in [0.25, 0.3) is 0 Å². The van der Waals surface area contributed by atoms with E-state index in [0.29, 0.717) is 11.7 Å². The molecule has 0 saturated heterocycles. The van der Waals surface area contributed by atoms with Crippen molar-refractivity contribution in [3.8, 4) is 11.6 Å². The first-order valence-electron chi connectivity index (χ1n) is 6.05. The van der Waals surface area contributed by atoms with Gasteiger partial charge in [0.2, 0.25) is 5.88 Å². The van der Waals surface area contributed by atoms with Gasteiger partial charge in [0.25, 0.3) is 5.69 Å². The van der Waals surface area contributed by atoms with Gasteiger partial charge in [-0.1, -0.05) is 37.6 Å². The minimum atomic E-state index is -0.539. The summed E-state index contributed by atoms with van der Waals surface area (Å²) in [5, 5.41) is 10.8. The highest BCUT2D eigenvalue weighted by atomic mass is 35.5. The summed E-state index contributed by atoms with van der Waals surface area (Å²) in [5.41, 5.74) is 1.03. The molecule has 5 nitrogen and oxygen atoms in total. The number of hydrogen-bond donors (Lipinski definition) is 0. The lowest BCUT2D eigenvalue weighted by atomic mass is 10.0.